The lowest BCUT2D eigenvalue weighted by Gasteiger charge is -2.28. The molecule has 1 aliphatic rings. The van der Waals surface area contributed by atoms with Crippen molar-refractivity contribution in [2.75, 3.05) is 6.54 Å². The molecule has 106 valence electrons. The highest BCUT2D eigenvalue weighted by molar-refractivity contribution is 4.96. The number of nitrogens with one attached hydrogen (secondary N) is 1. The molecule has 0 saturated heterocycles. The van der Waals surface area contributed by atoms with Gasteiger partial charge in [0, 0.05) is 12.6 Å². The summed E-state index contributed by atoms with van der Waals surface area (Å²) in [6, 6.07) is 0.224. The van der Waals surface area contributed by atoms with Gasteiger partial charge in [-0.1, -0.05) is 19.1 Å². The van der Waals surface area contributed by atoms with Crippen molar-refractivity contribution in [2.45, 2.75) is 65.3 Å². The number of ether oxygens (including phenoxy) is 1. The third-order valence-electron chi connectivity index (χ3n) is 3.64. The van der Waals surface area contributed by atoms with Crippen LogP contribution in [0.25, 0.3) is 0 Å². The fourth-order valence-corrected chi connectivity index (χ4v) is 2.62. The minimum Gasteiger partial charge on any atom is -0.361 e. The van der Waals surface area contributed by atoms with E-state index in [-0.39, 0.29) is 18.4 Å². The number of hydrogen-bond acceptors (Lipinski definition) is 3. The molecule has 0 radical (unpaired) electrons. The van der Waals surface area contributed by atoms with E-state index >= 15 is 0 Å². The zero-order chi connectivity index (χ0) is 13.5. The Morgan fingerprint density at radius 3 is 2.72 bits per heavy atom. The Bertz CT molecular complexity index is 253. The maximum Gasteiger partial charge on any atom is 0.105 e. The van der Waals surface area contributed by atoms with Crippen molar-refractivity contribution in [1.82, 2.24) is 5.32 Å². The molecule has 3 nitrogen and oxygen atoms in total. The van der Waals surface area contributed by atoms with Gasteiger partial charge in [0.25, 0.3) is 0 Å². The standard InChI is InChI=1S/C15H30N2O/c1-11(2)18-13(4)17-10-15(16)9-14-8-6-5-7-12(14)3/h5,7,11-15,17H,6,8-10,16H2,1-4H3/t12-,13-,14?,15+/m0/s1. The molecule has 0 amide bonds. The summed E-state index contributed by atoms with van der Waals surface area (Å²) in [7, 11) is 0. The van der Waals surface area contributed by atoms with Crippen LogP contribution in [0.5, 0.6) is 0 Å². The normalized spacial score (nSPS) is 27.4. The monoisotopic (exact) mass is 254 g/mol. The molecule has 0 heterocycles. The Morgan fingerprint density at radius 2 is 2.11 bits per heavy atom. The Labute approximate surface area is 112 Å². The number of hydrogen-bond donors (Lipinski definition) is 2. The third-order valence-corrected chi connectivity index (χ3v) is 3.64. The minimum atomic E-state index is 0.0831. The Morgan fingerprint density at radius 1 is 1.39 bits per heavy atom. The quantitative estimate of drug-likeness (QED) is 0.542. The molecular formula is C15H30N2O. The van der Waals surface area contributed by atoms with E-state index in [1.807, 2.05) is 20.8 Å². The lowest BCUT2D eigenvalue weighted by molar-refractivity contribution is -0.00146. The first kappa shape index (κ1) is 15.7. The molecule has 1 aliphatic carbocycles. The summed E-state index contributed by atoms with van der Waals surface area (Å²) in [6.07, 6.45) is 8.56. The summed E-state index contributed by atoms with van der Waals surface area (Å²) in [5.74, 6) is 1.42. The molecular weight excluding hydrogens is 224 g/mol. The van der Waals surface area contributed by atoms with Crippen LogP contribution in [0.1, 0.15) is 47.0 Å². The highest BCUT2D eigenvalue weighted by Gasteiger charge is 2.20. The maximum atomic E-state index is 6.20. The summed E-state index contributed by atoms with van der Waals surface area (Å²) >= 11 is 0. The van der Waals surface area contributed by atoms with Gasteiger partial charge in [0.2, 0.25) is 0 Å². The number of nitrogens with two attached hydrogens (primary N) is 1. The van der Waals surface area contributed by atoms with Crippen molar-refractivity contribution >= 4 is 0 Å². The van der Waals surface area contributed by atoms with Crippen LogP contribution in [0, 0.1) is 11.8 Å². The third kappa shape index (κ3) is 5.98. The predicted octanol–water partition coefficient (Wildman–Crippen LogP) is 2.67. The van der Waals surface area contributed by atoms with Crippen LogP contribution in [-0.2, 0) is 4.74 Å². The van der Waals surface area contributed by atoms with E-state index in [4.69, 9.17) is 10.5 Å². The van der Waals surface area contributed by atoms with E-state index < -0.39 is 0 Å². The molecule has 0 fully saturated rings. The van der Waals surface area contributed by atoms with Gasteiger partial charge in [-0.15, -0.1) is 0 Å². The maximum absolute atomic E-state index is 6.20. The van der Waals surface area contributed by atoms with E-state index in [1.165, 1.54) is 12.8 Å². The van der Waals surface area contributed by atoms with Crippen LogP contribution < -0.4 is 11.1 Å². The second-order valence-corrected chi connectivity index (χ2v) is 5.86. The molecule has 3 N–H and O–H groups in total. The zero-order valence-corrected chi connectivity index (χ0v) is 12.4. The van der Waals surface area contributed by atoms with Gasteiger partial charge >= 0.3 is 0 Å². The van der Waals surface area contributed by atoms with Crippen molar-refractivity contribution in [3.63, 3.8) is 0 Å². The largest absolute Gasteiger partial charge is 0.361 e. The predicted molar refractivity (Wildman–Crippen MR) is 77.3 cm³/mol. The molecule has 0 aromatic rings. The molecule has 1 rings (SSSR count). The van der Waals surface area contributed by atoms with E-state index in [0.717, 1.165) is 18.9 Å². The first-order chi connectivity index (χ1) is 8.49. The lowest BCUT2D eigenvalue weighted by atomic mass is 9.81. The van der Waals surface area contributed by atoms with E-state index in [1.54, 1.807) is 0 Å². The summed E-state index contributed by atoms with van der Waals surface area (Å²) in [5, 5.41) is 3.35. The average molecular weight is 254 g/mol. The SMILES string of the molecule is CC(C)O[C@@H](C)NC[C@H](N)CC1CCC=C[C@@H]1C. The molecule has 0 spiro atoms. The van der Waals surface area contributed by atoms with Gasteiger partial charge in [-0.2, -0.15) is 0 Å². The van der Waals surface area contributed by atoms with Crippen molar-refractivity contribution in [3.05, 3.63) is 12.2 Å². The molecule has 3 heteroatoms. The Balaban J connectivity index is 2.20. The van der Waals surface area contributed by atoms with Crippen LogP contribution in [0.2, 0.25) is 0 Å². The summed E-state index contributed by atoms with van der Waals surface area (Å²) in [4.78, 5) is 0. The second-order valence-electron chi connectivity index (χ2n) is 5.86. The molecule has 0 saturated carbocycles. The highest BCUT2D eigenvalue weighted by atomic mass is 16.5. The topological polar surface area (TPSA) is 47.3 Å². The molecule has 0 aromatic heterocycles. The Hall–Kier alpha value is -0.380. The second kappa shape index (κ2) is 7.93. The van der Waals surface area contributed by atoms with Crippen LogP contribution in [0.3, 0.4) is 0 Å². The Kier molecular flexibility index (Phi) is 6.90. The van der Waals surface area contributed by atoms with Gasteiger partial charge in [0.1, 0.15) is 6.23 Å². The van der Waals surface area contributed by atoms with Crippen LogP contribution in [0.4, 0.5) is 0 Å². The van der Waals surface area contributed by atoms with Crippen molar-refractivity contribution < 1.29 is 4.74 Å². The zero-order valence-electron chi connectivity index (χ0n) is 12.4. The summed E-state index contributed by atoms with van der Waals surface area (Å²) < 4.78 is 5.63. The molecule has 1 unspecified atom stereocenters. The van der Waals surface area contributed by atoms with E-state index in [9.17, 15) is 0 Å². The van der Waals surface area contributed by atoms with Gasteiger partial charge in [-0.25, -0.2) is 0 Å². The van der Waals surface area contributed by atoms with Crippen molar-refractivity contribution in [3.8, 4) is 0 Å². The number of rotatable bonds is 7. The number of allylic oxidation sites excluding steroid dienone is 2. The van der Waals surface area contributed by atoms with Gasteiger partial charge in [-0.3, -0.25) is 5.32 Å². The summed E-state index contributed by atoms with van der Waals surface area (Å²) in [6.45, 7) is 9.27. The molecule has 0 bridgehead atoms. The van der Waals surface area contributed by atoms with Gasteiger partial charge in [0.15, 0.2) is 0 Å². The van der Waals surface area contributed by atoms with Gasteiger partial charge in [0.05, 0.1) is 6.10 Å². The fourth-order valence-electron chi connectivity index (χ4n) is 2.62. The first-order valence-corrected chi connectivity index (χ1v) is 7.30. The summed E-state index contributed by atoms with van der Waals surface area (Å²) in [5.41, 5.74) is 6.20. The molecule has 0 aliphatic heterocycles. The van der Waals surface area contributed by atoms with Gasteiger partial charge in [-0.05, 0) is 51.9 Å². The van der Waals surface area contributed by atoms with E-state index in [2.05, 4.69) is 24.4 Å². The minimum absolute atomic E-state index is 0.0831. The lowest BCUT2D eigenvalue weighted by Crippen LogP contribution is -2.41. The van der Waals surface area contributed by atoms with E-state index in [0.29, 0.717) is 5.92 Å². The van der Waals surface area contributed by atoms with Gasteiger partial charge < -0.3 is 10.5 Å². The highest BCUT2D eigenvalue weighted by Crippen LogP contribution is 2.27. The molecule has 4 atom stereocenters. The molecule has 0 aromatic carbocycles. The van der Waals surface area contributed by atoms with Crippen LogP contribution in [-0.4, -0.2) is 24.9 Å². The smallest absolute Gasteiger partial charge is 0.105 e. The first-order valence-electron chi connectivity index (χ1n) is 7.30. The average Bonchev–Trinajstić information content (AvgIpc) is 2.29. The van der Waals surface area contributed by atoms with Crippen LogP contribution in [0.15, 0.2) is 12.2 Å². The fraction of sp³-hybridized carbons (Fsp3) is 0.867. The van der Waals surface area contributed by atoms with Crippen molar-refractivity contribution in [1.29, 1.82) is 0 Å². The van der Waals surface area contributed by atoms with Crippen LogP contribution >= 0.6 is 0 Å². The molecule has 18 heavy (non-hydrogen) atoms. The van der Waals surface area contributed by atoms with Crippen molar-refractivity contribution in [2.24, 2.45) is 17.6 Å².